The first-order valence-corrected chi connectivity index (χ1v) is 5.92. The van der Waals surface area contributed by atoms with Crippen molar-refractivity contribution < 1.29 is 14.3 Å². The smallest absolute Gasteiger partial charge is 0.219 e. The summed E-state index contributed by atoms with van der Waals surface area (Å²) < 4.78 is 11.0. The average molecular weight is 250 g/mol. The Bertz CT molecular complexity index is 474. The maximum Gasteiger partial charge on any atom is 0.219 e. The summed E-state index contributed by atoms with van der Waals surface area (Å²) in [5.74, 6) is 1.07. The van der Waals surface area contributed by atoms with E-state index in [0.717, 1.165) is 23.3 Å². The van der Waals surface area contributed by atoms with Gasteiger partial charge in [-0.3, -0.25) is 4.79 Å². The standard InChI is InChI=1S/C13H18N2O3/c1-7-3-8-4-12(17-2)9(5-11(8)18-7)10(14)6-13(15)16/h4-5,7,10H,3,6,14H2,1-2H3,(H2,15,16)/t7?,10-/m1/s1. The molecule has 5 heteroatoms. The van der Waals surface area contributed by atoms with Crippen molar-refractivity contribution in [1.29, 1.82) is 0 Å². The second kappa shape index (κ2) is 4.86. The zero-order valence-corrected chi connectivity index (χ0v) is 10.6. The van der Waals surface area contributed by atoms with Crippen LogP contribution in [0.1, 0.15) is 30.5 Å². The fraction of sp³-hybridized carbons (Fsp3) is 0.462. The van der Waals surface area contributed by atoms with Crippen LogP contribution in [0, 0.1) is 0 Å². The molecule has 98 valence electrons. The van der Waals surface area contributed by atoms with Crippen molar-refractivity contribution in [2.24, 2.45) is 11.5 Å². The van der Waals surface area contributed by atoms with Gasteiger partial charge in [0, 0.05) is 30.0 Å². The third kappa shape index (κ3) is 2.41. The van der Waals surface area contributed by atoms with Gasteiger partial charge in [-0.15, -0.1) is 0 Å². The Morgan fingerprint density at radius 3 is 2.94 bits per heavy atom. The molecule has 0 aromatic heterocycles. The molecule has 0 saturated carbocycles. The van der Waals surface area contributed by atoms with Gasteiger partial charge in [0.2, 0.25) is 5.91 Å². The molecule has 4 N–H and O–H groups in total. The van der Waals surface area contributed by atoms with Crippen LogP contribution in [0.3, 0.4) is 0 Å². The topological polar surface area (TPSA) is 87.6 Å². The molecule has 5 nitrogen and oxygen atoms in total. The van der Waals surface area contributed by atoms with E-state index >= 15 is 0 Å². The minimum Gasteiger partial charge on any atom is -0.496 e. The van der Waals surface area contributed by atoms with Crippen LogP contribution in [0.5, 0.6) is 11.5 Å². The number of carbonyl (C=O) groups is 1. The number of rotatable bonds is 4. The van der Waals surface area contributed by atoms with E-state index in [1.54, 1.807) is 7.11 Å². The molecule has 18 heavy (non-hydrogen) atoms. The van der Waals surface area contributed by atoms with Crippen molar-refractivity contribution in [3.63, 3.8) is 0 Å². The first kappa shape index (κ1) is 12.7. The van der Waals surface area contributed by atoms with Gasteiger partial charge in [0.05, 0.1) is 7.11 Å². The fourth-order valence-electron chi connectivity index (χ4n) is 2.25. The highest BCUT2D eigenvalue weighted by Gasteiger charge is 2.24. The summed E-state index contributed by atoms with van der Waals surface area (Å²) in [6.07, 6.45) is 1.11. The van der Waals surface area contributed by atoms with Crippen molar-refractivity contribution in [1.82, 2.24) is 0 Å². The molecule has 0 bridgehead atoms. The van der Waals surface area contributed by atoms with E-state index in [2.05, 4.69) is 0 Å². The largest absolute Gasteiger partial charge is 0.496 e. The molecular weight excluding hydrogens is 232 g/mol. The predicted molar refractivity (Wildman–Crippen MR) is 67.5 cm³/mol. The van der Waals surface area contributed by atoms with Crippen LogP contribution in [0.15, 0.2) is 12.1 Å². The van der Waals surface area contributed by atoms with E-state index in [4.69, 9.17) is 20.9 Å². The van der Waals surface area contributed by atoms with Crippen molar-refractivity contribution >= 4 is 5.91 Å². The minimum absolute atomic E-state index is 0.0880. The lowest BCUT2D eigenvalue weighted by molar-refractivity contribution is -0.118. The minimum atomic E-state index is -0.470. The summed E-state index contributed by atoms with van der Waals surface area (Å²) >= 11 is 0. The first-order valence-electron chi connectivity index (χ1n) is 5.92. The van der Waals surface area contributed by atoms with Crippen LogP contribution in [-0.2, 0) is 11.2 Å². The number of primary amides is 1. The number of hydrogen-bond donors (Lipinski definition) is 2. The monoisotopic (exact) mass is 250 g/mol. The number of amides is 1. The maximum atomic E-state index is 10.9. The molecule has 1 aliphatic rings. The Morgan fingerprint density at radius 2 is 2.33 bits per heavy atom. The Balaban J connectivity index is 2.35. The lowest BCUT2D eigenvalue weighted by atomic mass is 9.99. The summed E-state index contributed by atoms with van der Waals surface area (Å²) in [6.45, 7) is 2.01. The number of ether oxygens (including phenoxy) is 2. The maximum absolute atomic E-state index is 10.9. The second-order valence-electron chi connectivity index (χ2n) is 4.61. The summed E-state index contributed by atoms with van der Waals surface area (Å²) in [7, 11) is 1.58. The van der Waals surface area contributed by atoms with E-state index < -0.39 is 11.9 Å². The number of benzene rings is 1. The van der Waals surface area contributed by atoms with E-state index in [9.17, 15) is 4.79 Å². The normalized spacial score (nSPS) is 18.9. The lowest BCUT2D eigenvalue weighted by Gasteiger charge is -2.16. The predicted octanol–water partition coefficient (Wildman–Crippen LogP) is 0.894. The molecule has 0 aliphatic carbocycles. The lowest BCUT2D eigenvalue weighted by Crippen LogP contribution is -2.21. The number of methoxy groups -OCH3 is 1. The summed E-state index contributed by atoms with van der Waals surface area (Å²) in [6, 6.07) is 3.31. The Morgan fingerprint density at radius 1 is 1.61 bits per heavy atom. The van der Waals surface area contributed by atoms with Gasteiger partial charge in [-0.2, -0.15) is 0 Å². The summed E-state index contributed by atoms with van der Waals surface area (Å²) in [5.41, 5.74) is 13.0. The van der Waals surface area contributed by atoms with E-state index in [-0.39, 0.29) is 12.5 Å². The van der Waals surface area contributed by atoms with Crippen molar-refractivity contribution in [2.75, 3.05) is 7.11 Å². The molecule has 1 unspecified atom stereocenters. The van der Waals surface area contributed by atoms with Gasteiger partial charge in [0.1, 0.15) is 17.6 Å². The second-order valence-corrected chi connectivity index (χ2v) is 4.61. The number of hydrogen-bond acceptors (Lipinski definition) is 4. The van der Waals surface area contributed by atoms with Crippen molar-refractivity contribution in [2.45, 2.75) is 31.9 Å². The molecule has 1 aliphatic heterocycles. The molecule has 1 aromatic carbocycles. The zero-order chi connectivity index (χ0) is 13.3. The van der Waals surface area contributed by atoms with Gasteiger partial charge in [-0.25, -0.2) is 0 Å². The van der Waals surface area contributed by atoms with Gasteiger partial charge in [-0.05, 0) is 19.1 Å². The SMILES string of the molecule is COc1cc2c(cc1[C@H](N)CC(N)=O)OC(C)C2. The highest BCUT2D eigenvalue weighted by Crippen LogP contribution is 2.37. The van der Waals surface area contributed by atoms with Gasteiger partial charge < -0.3 is 20.9 Å². The molecule has 0 fully saturated rings. The highest BCUT2D eigenvalue weighted by atomic mass is 16.5. The van der Waals surface area contributed by atoms with Crippen LogP contribution in [-0.4, -0.2) is 19.1 Å². The van der Waals surface area contributed by atoms with Crippen LogP contribution in [0.2, 0.25) is 0 Å². The fourth-order valence-corrected chi connectivity index (χ4v) is 2.25. The molecule has 0 radical (unpaired) electrons. The van der Waals surface area contributed by atoms with E-state index in [1.807, 2.05) is 19.1 Å². The van der Waals surface area contributed by atoms with Crippen LogP contribution in [0.4, 0.5) is 0 Å². The number of nitrogens with two attached hydrogens (primary N) is 2. The van der Waals surface area contributed by atoms with Gasteiger partial charge in [0.25, 0.3) is 0 Å². The quantitative estimate of drug-likeness (QED) is 0.830. The van der Waals surface area contributed by atoms with Crippen molar-refractivity contribution in [3.8, 4) is 11.5 Å². The molecule has 2 rings (SSSR count). The Kier molecular flexibility index (Phi) is 3.43. The Labute approximate surface area is 106 Å². The summed E-state index contributed by atoms with van der Waals surface area (Å²) in [4.78, 5) is 10.9. The average Bonchev–Trinajstić information content (AvgIpc) is 2.65. The van der Waals surface area contributed by atoms with Crippen LogP contribution in [0.25, 0.3) is 0 Å². The molecule has 0 spiro atoms. The highest BCUT2D eigenvalue weighted by molar-refractivity contribution is 5.75. The summed E-state index contributed by atoms with van der Waals surface area (Å²) in [5, 5.41) is 0. The molecule has 1 amide bonds. The van der Waals surface area contributed by atoms with Gasteiger partial charge >= 0.3 is 0 Å². The van der Waals surface area contributed by atoms with Crippen LogP contribution < -0.4 is 20.9 Å². The third-order valence-corrected chi connectivity index (χ3v) is 3.07. The van der Waals surface area contributed by atoms with Crippen molar-refractivity contribution in [3.05, 3.63) is 23.3 Å². The van der Waals surface area contributed by atoms with E-state index in [1.165, 1.54) is 0 Å². The van der Waals surface area contributed by atoms with E-state index in [0.29, 0.717) is 5.75 Å². The third-order valence-electron chi connectivity index (χ3n) is 3.07. The van der Waals surface area contributed by atoms with Gasteiger partial charge in [-0.1, -0.05) is 0 Å². The van der Waals surface area contributed by atoms with Gasteiger partial charge in [0.15, 0.2) is 0 Å². The number of carbonyl (C=O) groups excluding carboxylic acids is 1. The Hall–Kier alpha value is -1.75. The molecular formula is C13H18N2O3. The van der Waals surface area contributed by atoms with Crippen LogP contribution >= 0.6 is 0 Å². The number of fused-ring (bicyclic) bond motifs is 1. The molecule has 2 atom stereocenters. The molecule has 1 heterocycles. The molecule has 0 saturated heterocycles. The first-order chi connectivity index (χ1) is 8.51. The zero-order valence-electron chi connectivity index (χ0n) is 10.6. The molecule has 1 aromatic rings.